The highest BCUT2D eigenvalue weighted by atomic mass is 35.5. The molecule has 0 radical (unpaired) electrons. The maximum Gasteiger partial charge on any atom is 0.308 e. The Hall–Kier alpha value is -1.82. The molecule has 2 N–H and O–H groups in total. The average molecular weight is 301 g/mol. The molecule has 110 valence electrons. The molecular formula is C13H17ClN2O4. The number of anilines is 1. The fourth-order valence-corrected chi connectivity index (χ4v) is 2.06. The molecule has 6 nitrogen and oxygen atoms in total. The number of aryl methyl sites for hydroxylation is 1. The first-order chi connectivity index (χ1) is 9.23. The van der Waals surface area contributed by atoms with Gasteiger partial charge in [-0.05, 0) is 24.5 Å². The second kappa shape index (κ2) is 6.56. The van der Waals surface area contributed by atoms with Crippen LogP contribution in [0.5, 0.6) is 0 Å². The van der Waals surface area contributed by atoms with E-state index in [4.69, 9.17) is 16.7 Å². The summed E-state index contributed by atoms with van der Waals surface area (Å²) in [5.74, 6) is -1.43. The maximum atomic E-state index is 11.1. The Labute approximate surface area is 121 Å². The number of nitro benzene ring substituents is 1. The predicted octanol–water partition coefficient (Wildman–Crippen LogP) is 3.33. The molecule has 0 saturated heterocycles. The third-order valence-corrected chi connectivity index (χ3v) is 3.43. The summed E-state index contributed by atoms with van der Waals surface area (Å²) in [5.41, 5.74) is 1.09. The van der Waals surface area contributed by atoms with Crippen LogP contribution < -0.4 is 5.32 Å². The standard InChI is InChI=1S/C13H17ClN2O4/c1-7(2)9(13(17)18)6-15-11-5-10(14)12(16(19)20)4-8(11)3/h4-5,7,9,15H,6H2,1-3H3,(H,17,18). The zero-order chi connectivity index (χ0) is 15.4. The van der Waals surface area contributed by atoms with Crippen LogP contribution in [-0.2, 0) is 4.79 Å². The number of rotatable bonds is 6. The number of halogens is 1. The fourth-order valence-electron chi connectivity index (χ4n) is 1.82. The molecule has 0 aliphatic carbocycles. The first-order valence-corrected chi connectivity index (χ1v) is 6.53. The molecule has 0 heterocycles. The molecule has 7 heteroatoms. The Morgan fingerprint density at radius 2 is 2.10 bits per heavy atom. The highest BCUT2D eigenvalue weighted by Crippen LogP contribution is 2.30. The van der Waals surface area contributed by atoms with Crippen molar-refractivity contribution in [1.29, 1.82) is 0 Å². The van der Waals surface area contributed by atoms with Crippen LogP contribution in [0.25, 0.3) is 0 Å². The van der Waals surface area contributed by atoms with E-state index in [-0.39, 0.29) is 23.2 Å². The molecule has 1 atom stereocenters. The molecule has 1 rings (SSSR count). The van der Waals surface area contributed by atoms with Crippen molar-refractivity contribution in [2.75, 3.05) is 11.9 Å². The first kappa shape index (κ1) is 16.2. The highest BCUT2D eigenvalue weighted by molar-refractivity contribution is 6.33. The fraction of sp³-hybridized carbons (Fsp3) is 0.462. The summed E-state index contributed by atoms with van der Waals surface area (Å²) in [4.78, 5) is 21.3. The quantitative estimate of drug-likeness (QED) is 0.621. The van der Waals surface area contributed by atoms with Gasteiger partial charge in [-0.15, -0.1) is 0 Å². The average Bonchev–Trinajstić information content (AvgIpc) is 2.31. The Kier molecular flexibility index (Phi) is 5.33. The van der Waals surface area contributed by atoms with Gasteiger partial charge in [-0.3, -0.25) is 14.9 Å². The molecule has 20 heavy (non-hydrogen) atoms. The van der Waals surface area contributed by atoms with E-state index >= 15 is 0 Å². The van der Waals surface area contributed by atoms with Crippen LogP contribution in [0.1, 0.15) is 19.4 Å². The Balaban J connectivity index is 2.91. The van der Waals surface area contributed by atoms with E-state index < -0.39 is 16.8 Å². The van der Waals surface area contributed by atoms with Gasteiger partial charge in [0.05, 0.1) is 10.8 Å². The monoisotopic (exact) mass is 300 g/mol. The van der Waals surface area contributed by atoms with Gasteiger partial charge in [-0.2, -0.15) is 0 Å². The molecule has 1 unspecified atom stereocenters. The summed E-state index contributed by atoms with van der Waals surface area (Å²) in [6.07, 6.45) is 0. The minimum atomic E-state index is -0.877. The van der Waals surface area contributed by atoms with Crippen molar-refractivity contribution < 1.29 is 14.8 Å². The van der Waals surface area contributed by atoms with Gasteiger partial charge in [0, 0.05) is 18.3 Å². The Morgan fingerprint density at radius 1 is 1.50 bits per heavy atom. The second-order valence-corrected chi connectivity index (χ2v) is 5.35. The lowest BCUT2D eigenvalue weighted by molar-refractivity contribution is -0.384. The normalized spacial score (nSPS) is 12.2. The summed E-state index contributed by atoms with van der Waals surface area (Å²) in [5, 5.41) is 22.9. The van der Waals surface area contributed by atoms with Crippen molar-refractivity contribution in [2.24, 2.45) is 11.8 Å². The van der Waals surface area contributed by atoms with Crippen LogP contribution in [0.4, 0.5) is 11.4 Å². The highest BCUT2D eigenvalue weighted by Gasteiger charge is 2.22. The first-order valence-electron chi connectivity index (χ1n) is 6.15. The van der Waals surface area contributed by atoms with Crippen molar-refractivity contribution in [3.63, 3.8) is 0 Å². The van der Waals surface area contributed by atoms with Crippen LogP contribution in [0.3, 0.4) is 0 Å². The number of benzene rings is 1. The van der Waals surface area contributed by atoms with E-state index in [0.717, 1.165) is 0 Å². The number of nitrogens with one attached hydrogen (secondary N) is 1. The van der Waals surface area contributed by atoms with Crippen molar-refractivity contribution in [3.05, 3.63) is 32.8 Å². The number of nitro groups is 1. The predicted molar refractivity (Wildman–Crippen MR) is 77.3 cm³/mol. The molecule has 0 bridgehead atoms. The number of aliphatic carboxylic acids is 1. The van der Waals surface area contributed by atoms with Crippen LogP contribution in [0, 0.1) is 28.9 Å². The van der Waals surface area contributed by atoms with Crippen molar-refractivity contribution in [1.82, 2.24) is 0 Å². The van der Waals surface area contributed by atoms with Crippen molar-refractivity contribution in [3.8, 4) is 0 Å². The lowest BCUT2D eigenvalue weighted by Crippen LogP contribution is -2.27. The largest absolute Gasteiger partial charge is 0.481 e. The molecule has 0 saturated carbocycles. The van der Waals surface area contributed by atoms with Gasteiger partial charge in [0.15, 0.2) is 0 Å². The van der Waals surface area contributed by atoms with E-state index in [1.54, 1.807) is 6.92 Å². The summed E-state index contributed by atoms with van der Waals surface area (Å²) < 4.78 is 0. The van der Waals surface area contributed by atoms with E-state index in [1.807, 2.05) is 13.8 Å². The van der Waals surface area contributed by atoms with E-state index in [2.05, 4.69) is 5.32 Å². The zero-order valence-corrected chi connectivity index (χ0v) is 12.3. The Morgan fingerprint density at radius 3 is 2.55 bits per heavy atom. The van der Waals surface area contributed by atoms with E-state index in [9.17, 15) is 14.9 Å². The summed E-state index contributed by atoms with van der Waals surface area (Å²) in [6, 6.07) is 2.82. The third-order valence-electron chi connectivity index (χ3n) is 3.12. The summed E-state index contributed by atoms with van der Waals surface area (Å²) in [7, 11) is 0. The summed E-state index contributed by atoms with van der Waals surface area (Å²) >= 11 is 5.84. The molecular weight excluding hydrogens is 284 g/mol. The minimum absolute atomic E-state index is 0.0196. The minimum Gasteiger partial charge on any atom is -0.481 e. The molecule has 0 aromatic heterocycles. The van der Waals surface area contributed by atoms with Gasteiger partial charge < -0.3 is 10.4 Å². The van der Waals surface area contributed by atoms with Crippen LogP contribution in [0.2, 0.25) is 5.02 Å². The topological polar surface area (TPSA) is 92.5 Å². The van der Waals surface area contributed by atoms with E-state index in [1.165, 1.54) is 12.1 Å². The molecule has 0 aliphatic rings. The second-order valence-electron chi connectivity index (χ2n) is 4.95. The number of carbonyl (C=O) groups is 1. The van der Waals surface area contributed by atoms with Crippen molar-refractivity contribution >= 4 is 28.9 Å². The third kappa shape index (κ3) is 3.84. The molecule has 0 aliphatic heterocycles. The van der Waals surface area contributed by atoms with Crippen LogP contribution >= 0.6 is 11.6 Å². The summed E-state index contributed by atoms with van der Waals surface area (Å²) in [6.45, 7) is 5.60. The maximum absolute atomic E-state index is 11.1. The molecule has 0 amide bonds. The molecule has 0 fully saturated rings. The van der Waals surface area contributed by atoms with Crippen molar-refractivity contribution in [2.45, 2.75) is 20.8 Å². The number of hydrogen-bond donors (Lipinski definition) is 2. The Bertz CT molecular complexity index is 531. The number of carboxylic acids is 1. The van der Waals surface area contributed by atoms with E-state index in [0.29, 0.717) is 11.3 Å². The molecule has 0 spiro atoms. The van der Waals surface area contributed by atoms with Gasteiger partial charge >= 0.3 is 5.97 Å². The smallest absolute Gasteiger partial charge is 0.308 e. The number of hydrogen-bond acceptors (Lipinski definition) is 4. The number of nitrogens with zero attached hydrogens (tertiary/aromatic N) is 1. The van der Waals surface area contributed by atoms with Crippen LogP contribution in [0.15, 0.2) is 12.1 Å². The molecule has 1 aromatic carbocycles. The van der Waals surface area contributed by atoms with Gasteiger partial charge in [0.2, 0.25) is 0 Å². The van der Waals surface area contributed by atoms with Gasteiger partial charge in [-0.25, -0.2) is 0 Å². The van der Waals surface area contributed by atoms with Gasteiger partial charge in [-0.1, -0.05) is 25.4 Å². The lowest BCUT2D eigenvalue weighted by Gasteiger charge is -2.18. The molecule has 1 aromatic rings. The lowest BCUT2D eigenvalue weighted by atomic mass is 9.96. The number of carboxylic acid groups (broad SMARTS) is 1. The zero-order valence-electron chi connectivity index (χ0n) is 11.5. The van der Waals surface area contributed by atoms with Gasteiger partial charge in [0.1, 0.15) is 5.02 Å². The van der Waals surface area contributed by atoms with Gasteiger partial charge in [0.25, 0.3) is 5.69 Å². The van der Waals surface area contributed by atoms with Crippen LogP contribution in [-0.4, -0.2) is 22.5 Å². The SMILES string of the molecule is Cc1cc([N+](=O)[O-])c(Cl)cc1NCC(C(=O)O)C(C)C.